The van der Waals surface area contributed by atoms with Gasteiger partial charge in [0.1, 0.15) is 0 Å². The van der Waals surface area contributed by atoms with E-state index in [0.29, 0.717) is 5.41 Å². The van der Waals surface area contributed by atoms with Gasteiger partial charge in [0.05, 0.1) is 0 Å². The third-order valence-corrected chi connectivity index (χ3v) is 4.69. The van der Waals surface area contributed by atoms with Gasteiger partial charge in [-0.15, -0.1) is 0 Å². The zero-order chi connectivity index (χ0) is 14.2. The van der Waals surface area contributed by atoms with E-state index in [1.54, 1.807) is 0 Å². The zero-order valence-electron chi connectivity index (χ0n) is 12.5. The van der Waals surface area contributed by atoms with Gasteiger partial charge in [0, 0.05) is 30.9 Å². The van der Waals surface area contributed by atoms with Crippen LogP contribution in [0.3, 0.4) is 0 Å². The number of rotatable bonds is 1. The van der Waals surface area contributed by atoms with Crippen molar-refractivity contribution in [3.8, 4) is 0 Å². The highest BCUT2D eigenvalue weighted by Gasteiger charge is 2.28. The summed E-state index contributed by atoms with van der Waals surface area (Å²) in [7, 11) is 0. The molecule has 2 aliphatic rings. The number of likely N-dealkylation sites (tertiary alicyclic amines) is 1. The normalized spacial score (nSPS) is 21.0. The van der Waals surface area contributed by atoms with Crippen LogP contribution in [-0.4, -0.2) is 30.4 Å². The lowest BCUT2D eigenvalue weighted by molar-refractivity contribution is 0.0630. The van der Waals surface area contributed by atoms with Gasteiger partial charge in [-0.25, -0.2) is 0 Å². The van der Waals surface area contributed by atoms with Crippen molar-refractivity contribution in [3.63, 3.8) is 0 Å². The maximum Gasteiger partial charge on any atom is 0.253 e. The van der Waals surface area contributed by atoms with Gasteiger partial charge in [0.2, 0.25) is 0 Å². The first kappa shape index (κ1) is 13.5. The van der Waals surface area contributed by atoms with Gasteiger partial charge in [-0.3, -0.25) is 4.79 Å². The van der Waals surface area contributed by atoms with Crippen LogP contribution in [0.5, 0.6) is 0 Å². The molecule has 0 aliphatic carbocycles. The van der Waals surface area contributed by atoms with E-state index >= 15 is 0 Å². The summed E-state index contributed by atoms with van der Waals surface area (Å²) in [5, 5.41) is 3.39. The average Bonchev–Trinajstić information content (AvgIpc) is 2.46. The molecule has 0 bridgehead atoms. The Morgan fingerprint density at radius 2 is 2.00 bits per heavy atom. The Labute approximate surface area is 121 Å². The van der Waals surface area contributed by atoms with Crippen molar-refractivity contribution >= 4 is 11.6 Å². The smallest absolute Gasteiger partial charge is 0.253 e. The topological polar surface area (TPSA) is 32.3 Å². The lowest BCUT2D eigenvalue weighted by Gasteiger charge is -2.37. The highest BCUT2D eigenvalue weighted by atomic mass is 16.2. The van der Waals surface area contributed by atoms with Gasteiger partial charge in [0.25, 0.3) is 5.91 Å². The monoisotopic (exact) mass is 272 g/mol. The number of nitrogens with zero attached hydrogens (tertiary/aromatic N) is 1. The molecule has 0 unspecified atom stereocenters. The second kappa shape index (κ2) is 5.12. The van der Waals surface area contributed by atoms with E-state index in [9.17, 15) is 4.79 Å². The molecule has 0 saturated carbocycles. The van der Waals surface area contributed by atoms with Crippen LogP contribution in [0, 0.1) is 5.41 Å². The fraction of sp³-hybridized carbons (Fsp3) is 0.588. The molecule has 1 fully saturated rings. The molecule has 1 amide bonds. The zero-order valence-corrected chi connectivity index (χ0v) is 12.5. The summed E-state index contributed by atoms with van der Waals surface area (Å²) in [6.45, 7) is 7.41. The molecule has 1 saturated heterocycles. The van der Waals surface area contributed by atoms with Crippen molar-refractivity contribution in [3.05, 3.63) is 29.3 Å². The van der Waals surface area contributed by atoms with E-state index in [-0.39, 0.29) is 5.91 Å². The fourth-order valence-electron chi connectivity index (χ4n) is 3.11. The summed E-state index contributed by atoms with van der Waals surface area (Å²) in [4.78, 5) is 14.6. The molecule has 3 heteroatoms. The van der Waals surface area contributed by atoms with E-state index in [1.807, 2.05) is 11.0 Å². The number of aryl methyl sites for hydroxylation is 1. The van der Waals surface area contributed by atoms with Crippen LogP contribution >= 0.6 is 0 Å². The number of piperidine rings is 1. The van der Waals surface area contributed by atoms with E-state index in [0.717, 1.165) is 50.9 Å². The quantitative estimate of drug-likeness (QED) is 0.850. The predicted molar refractivity (Wildman–Crippen MR) is 82.2 cm³/mol. The second-order valence-electron chi connectivity index (χ2n) is 6.86. The molecule has 20 heavy (non-hydrogen) atoms. The summed E-state index contributed by atoms with van der Waals surface area (Å²) in [5.74, 6) is 0.203. The summed E-state index contributed by atoms with van der Waals surface area (Å²) < 4.78 is 0. The Balaban J connectivity index is 1.74. The van der Waals surface area contributed by atoms with Gasteiger partial charge >= 0.3 is 0 Å². The Kier molecular flexibility index (Phi) is 3.45. The first-order valence-corrected chi connectivity index (χ1v) is 7.71. The highest BCUT2D eigenvalue weighted by molar-refractivity contribution is 5.95. The number of carbonyl (C=O) groups is 1. The molecule has 0 aromatic heterocycles. The van der Waals surface area contributed by atoms with Gasteiger partial charge in [-0.2, -0.15) is 0 Å². The predicted octanol–water partition coefficient (Wildman–Crippen LogP) is 3.31. The van der Waals surface area contributed by atoms with Gasteiger partial charge in [0.15, 0.2) is 0 Å². The van der Waals surface area contributed by atoms with E-state index in [4.69, 9.17) is 0 Å². The van der Waals surface area contributed by atoms with Crippen LogP contribution < -0.4 is 5.32 Å². The van der Waals surface area contributed by atoms with Gasteiger partial charge in [-0.1, -0.05) is 13.8 Å². The van der Waals surface area contributed by atoms with Gasteiger partial charge < -0.3 is 10.2 Å². The van der Waals surface area contributed by atoms with E-state index < -0.39 is 0 Å². The van der Waals surface area contributed by atoms with Crippen LogP contribution in [0.25, 0.3) is 0 Å². The molecule has 1 aromatic rings. The minimum absolute atomic E-state index is 0.203. The maximum absolute atomic E-state index is 12.6. The molecule has 108 valence electrons. The molecule has 3 nitrogen and oxygen atoms in total. The van der Waals surface area contributed by atoms with Crippen molar-refractivity contribution in [2.45, 2.75) is 39.5 Å². The number of anilines is 1. The number of hydrogen-bond acceptors (Lipinski definition) is 2. The highest BCUT2D eigenvalue weighted by Crippen LogP contribution is 2.31. The van der Waals surface area contributed by atoms with Crippen LogP contribution in [-0.2, 0) is 6.42 Å². The lowest BCUT2D eigenvalue weighted by atomic mass is 9.82. The minimum Gasteiger partial charge on any atom is -0.385 e. The molecule has 2 heterocycles. The molecule has 0 radical (unpaired) electrons. The van der Waals surface area contributed by atoms with Crippen molar-refractivity contribution in [1.82, 2.24) is 4.90 Å². The number of benzene rings is 1. The summed E-state index contributed by atoms with van der Waals surface area (Å²) in [5.41, 5.74) is 3.73. The van der Waals surface area contributed by atoms with Crippen LogP contribution in [0.15, 0.2) is 18.2 Å². The van der Waals surface area contributed by atoms with Crippen LogP contribution in [0.4, 0.5) is 5.69 Å². The first-order valence-electron chi connectivity index (χ1n) is 7.71. The summed E-state index contributed by atoms with van der Waals surface area (Å²) in [6, 6.07) is 6.12. The Morgan fingerprint density at radius 1 is 1.25 bits per heavy atom. The van der Waals surface area contributed by atoms with Crippen molar-refractivity contribution in [2.75, 3.05) is 25.0 Å². The van der Waals surface area contributed by atoms with Crippen LogP contribution in [0.1, 0.15) is 49.0 Å². The third-order valence-electron chi connectivity index (χ3n) is 4.69. The van der Waals surface area contributed by atoms with Crippen molar-refractivity contribution in [2.24, 2.45) is 5.41 Å². The second-order valence-corrected chi connectivity index (χ2v) is 6.86. The molecule has 2 aliphatic heterocycles. The Morgan fingerprint density at radius 3 is 2.75 bits per heavy atom. The SMILES string of the molecule is CC1(C)CCN(C(=O)c2ccc3c(c2)CCCN3)CC1. The third kappa shape index (κ3) is 2.67. The average molecular weight is 272 g/mol. The molecular formula is C17H24N2O. The summed E-state index contributed by atoms with van der Waals surface area (Å²) in [6.07, 6.45) is 4.44. The maximum atomic E-state index is 12.6. The molecule has 0 spiro atoms. The number of hydrogen-bond donors (Lipinski definition) is 1. The minimum atomic E-state index is 0.203. The molecule has 1 aromatic carbocycles. The molecule has 3 rings (SSSR count). The number of carbonyl (C=O) groups excluding carboxylic acids is 1. The Hall–Kier alpha value is -1.51. The van der Waals surface area contributed by atoms with Crippen molar-refractivity contribution < 1.29 is 4.79 Å². The van der Waals surface area contributed by atoms with E-state index in [2.05, 4.69) is 31.3 Å². The number of fused-ring (bicyclic) bond motifs is 1. The van der Waals surface area contributed by atoms with Gasteiger partial charge in [-0.05, 0) is 54.9 Å². The molecular weight excluding hydrogens is 248 g/mol. The first-order chi connectivity index (χ1) is 9.55. The molecule has 1 N–H and O–H groups in total. The molecule has 0 atom stereocenters. The number of nitrogens with one attached hydrogen (secondary N) is 1. The largest absolute Gasteiger partial charge is 0.385 e. The fourth-order valence-corrected chi connectivity index (χ4v) is 3.11. The lowest BCUT2D eigenvalue weighted by Crippen LogP contribution is -2.41. The van der Waals surface area contributed by atoms with Crippen LogP contribution in [0.2, 0.25) is 0 Å². The number of amides is 1. The Bertz CT molecular complexity index is 512. The van der Waals surface area contributed by atoms with E-state index in [1.165, 1.54) is 11.3 Å². The van der Waals surface area contributed by atoms with Crippen molar-refractivity contribution in [1.29, 1.82) is 0 Å². The summed E-state index contributed by atoms with van der Waals surface area (Å²) >= 11 is 0. The standard InChI is InChI=1S/C17H24N2O/c1-17(2)7-10-19(11-8-17)16(20)14-5-6-15-13(12-14)4-3-9-18-15/h5-6,12,18H,3-4,7-11H2,1-2H3.